The number of benzene rings is 2. The van der Waals surface area contributed by atoms with Gasteiger partial charge in [-0.25, -0.2) is 0 Å². The van der Waals surface area contributed by atoms with Crippen LogP contribution in [0.5, 0.6) is 0 Å². The summed E-state index contributed by atoms with van der Waals surface area (Å²) in [5, 5.41) is 2.44. The molecule has 2 bridgehead atoms. The van der Waals surface area contributed by atoms with Crippen LogP contribution >= 0.6 is 0 Å². The van der Waals surface area contributed by atoms with Gasteiger partial charge in [0, 0.05) is 5.92 Å². The molecule has 5 rings (SSSR count). The molecule has 2 aromatic carbocycles. The lowest BCUT2D eigenvalue weighted by Crippen LogP contribution is -2.22. The highest BCUT2D eigenvalue weighted by atomic mass is 16.6. The molecule has 94 valence electrons. The maximum absolute atomic E-state index is 11.8. The van der Waals surface area contributed by atoms with Crippen molar-refractivity contribution in [2.75, 3.05) is 6.61 Å². The molecule has 3 aliphatic rings. The molecule has 2 fully saturated rings. The van der Waals surface area contributed by atoms with E-state index in [4.69, 9.17) is 9.47 Å². The van der Waals surface area contributed by atoms with Crippen LogP contribution in [0.1, 0.15) is 23.3 Å². The van der Waals surface area contributed by atoms with Crippen molar-refractivity contribution < 1.29 is 14.3 Å². The largest absolute Gasteiger partial charge is 0.465 e. The Bertz CT molecular complexity index is 721. The van der Waals surface area contributed by atoms with Crippen molar-refractivity contribution in [3.63, 3.8) is 0 Å². The highest BCUT2D eigenvalue weighted by Crippen LogP contribution is 2.59. The number of cyclic esters (lactones) is 1. The number of hydrogen-bond acceptors (Lipinski definition) is 3. The lowest BCUT2D eigenvalue weighted by Gasteiger charge is -2.20. The van der Waals surface area contributed by atoms with E-state index >= 15 is 0 Å². The highest BCUT2D eigenvalue weighted by Gasteiger charge is 2.59. The minimum Gasteiger partial charge on any atom is -0.465 e. The second-order valence-electron chi connectivity index (χ2n) is 5.63. The van der Waals surface area contributed by atoms with E-state index in [2.05, 4.69) is 24.3 Å². The zero-order chi connectivity index (χ0) is 12.6. The molecule has 0 saturated carbocycles. The van der Waals surface area contributed by atoms with E-state index in [-0.39, 0.29) is 30.0 Å². The lowest BCUT2D eigenvalue weighted by atomic mass is 9.77. The quantitative estimate of drug-likeness (QED) is 0.676. The van der Waals surface area contributed by atoms with E-state index in [1.807, 2.05) is 12.1 Å². The molecule has 0 amide bonds. The molecule has 0 unspecified atom stereocenters. The van der Waals surface area contributed by atoms with Gasteiger partial charge in [-0.2, -0.15) is 0 Å². The Balaban J connectivity index is 1.76. The summed E-state index contributed by atoms with van der Waals surface area (Å²) in [6, 6.07) is 12.7. The number of rotatable bonds is 0. The SMILES string of the molecule is O=C1OC[C@@H]2[C@H]1[C@H]1O[C@@H]2c2cc3ccccc3cc21. The van der Waals surface area contributed by atoms with E-state index in [0.717, 1.165) is 0 Å². The van der Waals surface area contributed by atoms with Gasteiger partial charge in [-0.15, -0.1) is 0 Å². The van der Waals surface area contributed by atoms with Gasteiger partial charge in [-0.05, 0) is 34.0 Å². The van der Waals surface area contributed by atoms with Gasteiger partial charge in [0.15, 0.2) is 0 Å². The summed E-state index contributed by atoms with van der Waals surface area (Å²) in [6.45, 7) is 0.511. The van der Waals surface area contributed by atoms with Gasteiger partial charge < -0.3 is 9.47 Å². The highest BCUT2D eigenvalue weighted by molar-refractivity contribution is 5.86. The number of hydrogen-bond donors (Lipinski definition) is 0. The number of esters is 1. The molecule has 3 aliphatic heterocycles. The Morgan fingerprint density at radius 1 is 1.00 bits per heavy atom. The van der Waals surface area contributed by atoms with Crippen LogP contribution in [0.3, 0.4) is 0 Å². The smallest absolute Gasteiger partial charge is 0.312 e. The average molecular weight is 252 g/mol. The zero-order valence-corrected chi connectivity index (χ0v) is 10.2. The van der Waals surface area contributed by atoms with Crippen LogP contribution in [-0.2, 0) is 14.3 Å². The third-order valence-electron chi connectivity index (χ3n) is 4.72. The van der Waals surface area contributed by atoms with Crippen LogP contribution in [-0.4, -0.2) is 12.6 Å². The van der Waals surface area contributed by atoms with E-state index < -0.39 is 0 Å². The molecule has 3 heteroatoms. The lowest BCUT2D eigenvalue weighted by molar-refractivity contribution is -0.144. The molecular formula is C16H12O3. The number of carbonyl (C=O) groups excluding carboxylic acids is 1. The third kappa shape index (κ3) is 1.10. The van der Waals surface area contributed by atoms with Crippen LogP contribution in [0.4, 0.5) is 0 Å². The predicted octanol–water partition coefficient (Wildman–Crippen LogP) is 2.76. The van der Waals surface area contributed by atoms with Crippen LogP contribution in [0, 0.1) is 11.8 Å². The molecule has 0 spiro atoms. The first kappa shape index (κ1) is 9.98. The molecule has 0 aromatic heterocycles. The summed E-state index contributed by atoms with van der Waals surface area (Å²) >= 11 is 0. The van der Waals surface area contributed by atoms with Gasteiger partial charge >= 0.3 is 5.97 Å². The Kier molecular flexibility index (Phi) is 1.67. The minimum atomic E-state index is -0.0930. The van der Waals surface area contributed by atoms with Crippen LogP contribution < -0.4 is 0 Å². The molecule has 2 aromatic rings. The van der Waals surface area contributed by atoms with Crippen molar-refractivity contribution >= 4 is 16.7 Å². The summed E-state index contributed by atoms with van der Waals surface area (Å²) in [5.74, 6) is 0.0427. The van der Waals surface area contributed by atoms with Gasteiger partial charge in [0.25, 0.3) is 0 Å². The van der Waals surface area contributed by atoms with Gasteiger partial charge in [-0.3, -0.25) is 4.79 Å². The Morgan fingerprint density at radius 3 is 2.42 bits per heavy atom. The molecule has 3 heterocycles. The monoisotopic (exact) mass is 252 g/mol. The summed E-state index contributed by atoms with van der Waals surface area (Å²) < 4.78 is 11.3. The van der Waals surface area contributed by atoms with Crippen molar-refractivity contribution in [2.24, 2.45) is 11.8 Å². The molecule has 0 N–H and O–H groups in total. The van der Waals surface area contributed by atoms with E-state index in [1.165, 1.54) is 21.9 Å². The Hall–Kier alpha value is -1.87. The van der Waals surface area contributed by atoms with E-state index in [9.17, 15) is 4.79 Å². The van der Waals surface area contributed by atoms with Crippen molar-refractivity contribution in [3.05, 3.63) is 47.5 Å². The zero-order valence-electron chi connectivity index (χ0n) is 10.2. The van der Waals surface area contributed by atoms with Crippen molar-refractivity contribution in [1.29, 1.82) is 0 Å². The van der Waals surface area contributed by atoms with Crippen LogP contribution in [0.25, 0.3) is 10.8 Å². The summed E-state index contributed by atoms with van der Waals surface area (Å²) in [7, 11) is 0. The van der Waals surface area contributed by atoms with Crippen molar-refractivity contribution in [2.45, 2.75) is 12.2 Å². The summed E-state index contributed by atoms with van der Waals surface area (Å²) in [5.41, 5.74) is 2.44. The van der Waals surface area contributed by atoms with Gasteiger partial charge in [0.1, 0.15) is 0 Å². The fourth-order valence-corrected chi connectivity index (χ4v) is 3.86. The molecule has 19 heavy (non-hydrogen) atoms. The van der Waals surface area contributed by atoms with Crippen LogP contribution in [0.15, 0.2) is 36.4 Å². The van der Waals surface area contributed by atoms with Gasteiger partial charge in [0.2, 0.25) is 0 Å². The Labute approximate surface area is 110 Å². The molecule has 3 nitrogen and oxygen atoms in total. The first-order chi connectivity index (χ1) is 9.33. The number of carbonyl (C=O) groups is 1. The fourth-order valence-electron chi connectivity index (χ4n) is 3.86. The summed E-state index contributed by atoms with van der Waals surface area (Å²) in [4.78, 5) is 11.8. The number of fused-ring (bicyclic) bond motifs is 9. The predicted molar refractivity (Wildman–Crippen MR) is 68.5 cm³/mol. The molecule has 4 atom stereocenters. The normalized spacial score (nSPS) is 34.4. The van der Waals surface area contributed by atoms with Gasteiger partial charge in [-0.1, -0.05) is 24.3 Å². The first-order valence-corrected chi connectivity index (χ1v) is 6.67. The fraction of sp³-hybridized carbons (Fsp3) is 0.312. The maximum Gasteiger partial charge on any atom is 0.312 e. The molecule has 0 radical (unpaired) electrons. The average Bonchev–Trinajstić information content (AvgIpc) is 3.08. The minimum absolute atomic E-state index is 0.0426. The number of ether oxygens (including phenoxy) is 2. The summed E-state index contributed by atoms with van der Waals surface area (Å²) in [6.07, 6.45) is -0.0503. The standard InChI is InChI=1S/C16H12O3/c17-16-13-12(7-18-16)14-10-5-8-3-1-2-4-9(8)6-11(10)15(13)19-14/h1-6,12-15H,7H2/t12-,13+,14-,15+/m1/s1. The maximum atomic E-state index is 11.8. The van der Waals surface area contributed by atoms with E-state index in [0.29, 0.717) is 6.61 Å². The van der Waals surface area contributed by atoms with Gasteiger partial charge in [0.05, 0.1) is 24.7 Å². The molecular weight excluding hydrogens is 240 g/mol. The van der Waals surface area contributed by atoms with E-state index in [1.54, 1.807) is 0 Å². The first-order valence-electron chi connectivity index (χ1n) is 6.67. The van der Waals surface area contributed by atoms with Crippen molar-refractivity contribution in [1.82, 2.24) is 0 Å². The Morgan fingerprint density at radius 2 is 1.68 bits per heavy atom. The second kappa shape index (κ2) is 3.17. The second-order valence-corrected chi connectivity index (χ2v) is 5.63. The van der Waals surface area contributed by atoms with Crippen molar-refractivity contribution in [3.8, 4) is 0 Å². The molecule has 2 saturated heterocycles. The molecule has 0 aliphatic carbocycles. The van der Waals surface area contributed by atoms with Crippen LogP contribution in [0.2, 0.25) is 0 Å². The topological polar surface area (TPSA) is 35.5 Å². The third-order valence-corrected chi connectivity index (χ3v) is 4.72.